The molecule has 129 heavy (non-hydrogen) atoms. The Hall–Kier alpha value is -8.16. The van der Waals surface area contributed by atoms with Crippen LogP contribution in [0.3, 0.4) is 0 Å². The third-order valence-corrected chi connectivity index (χ3v) is 28.7. The molecule has 9 aliphatic rings. The second-order valence-corrected chi connectivity index (χ2v) is 44.4. The fourth-order valence-corrected chi connectivity index (χ4v) is 23.1. The summed E-state index contributed by atoms with van der Waals surface area (Å²) in [5.74, 6) is 1.60. The summed E-state index contributed by atoms with van der Waals surface area (Å²) in [5.41, 5.74) is 5.66. The standard InChI is InChI=1S/C40H62N2O8.C33H46F3NO5.C18H24O2.C11H21NO4.CH4/c1-23(2)20-31(41-36(45)49-38(5,6)7)34(43)47-26-13-15-27-25(22-26)12-14-29-28(27)18-19-40(11)30(29)16-17-33(40)48-35(44)32(21-24(3)4)42-37(46)50-39(8,9)10;1-18(2)15-20(5)29(38)41-22-8-10-23-21(17-22)7-9-25-24(23)13-14-32(6)26(25)11-12-28(32)42-30(39)27(16-19(3)4)37-31(40)33(34,35)36;1-18-9-8-14-13-5-3-12(19)10-11(13)2-4-15(14)16(18)6-7-17(18)20;1-7(2)6-8(9(13)14)12-10(15)16-11(3,4)5;/h13,15,22-24,28-33H,12,14,16-21H2,1-11H3,(H,41,45)(H,42,46);8,10,17-20,24-28H,7,9,11-16H2,1-6H3,(H,37,40);3,5,10,14-17,19-20H,2,4,6-9H2,1H3;7-8H,6H2,1-5H3,(H,12,15)(H,13,14);1H4/t28?,29?,30?,31-,32+,33-,40-;20-,24?,25?,26?,27+,28-,32-;14?,15?,16?,17-,18-;8-;/m0000./s1. The van der Waals surface area contributed by atoms with E-state index in [4.69, 9.17) is 38.3 Å². The lowest BCUT2D eigenvalue weighted by Gasteiger charge is -2.50. The van der Waals surface area contributed by atoms with Gasteiger partial charge >= 0.3 is 60.2 Å². The highest BCUT2D eigenvalue weighted by Gasteiger charge is 2.60. The number of amides is 4. The second-order valence-electron chi connectivity index (χ2n) is 44.4. The quantitative estimate of drug-likeness (QED) is 0.0263. The van der Waals surface area contributed by atoms with Gasteiger partial charge in [-0.1, -0.05) is 123 Å². The topological polar surface area (TPSA) is 327 Å². The lowest BCUT2D eigenvalue weighted by Crippen LogP contribution is -2.50. The third kappa shape index (κ3) is 28.0. The van der Waals surface area contributed by atoms with E-state index in [9.17, 15) is 66.5 Å². The first kappa shape index (κ1) is 106. The number of phenols is 1. The number of aliphatic hydroxyl groups is 1. The van der Waals surface area contributed by atoms with E-state index in [-0.39, 0.29) is 83.8 Å². The molecule has 0 spiro atoms. The van der Waals surface area contributed by atoms with Crippen LogP contribution in [0.2, 0.25) is 0 Å². The number of alkyl carbamates (subject to hydrolysis) is 3. The number of carbonyl (C=O) groups excluding carboxylic acids is 8. The predicted octanol–water partition coefficient (Wildman–Crippen LogP) is 21.6. The first-order valence-electron chi connectivity index (χ1n) is 47.6. The molecule has 0 heterocycles. The molecule has 3 aromatic carbocycles. The average molecular weight is 1810 g/mol. The number of aryl methyl sites for hydroxylation is 3. The Balaban J connectivity index is 0.000000231. The Morgan fingerprint density at radius 2 is 0.736 bits per heavy atom. The highest BCUT2D eigenvalue weighted by atomic mass is 19.4. The SMILES string of the molecule is C.CC(C)C[C@H](C)C(=O)Oc1ccc2c(c1)CCC1C2CC[C@@]2(C)C1CC[C@@H]2OC(=O)[C@@H](CC(C)C)NC(=O)C(F)(F)F.CC(C)C[C@H](NC(=O)OC(C)(C)C)C(=O)O.CC(C)C[C@H](NC(=O)OC(C)(C)C)C(=O)Oc1ccc2c(c1)CCC1C2CC[C@@]2(C)C1CC[C@@H]2OC(=O)[C@@H](CC(C)C)NC(=O)OC(C)(C)C.C[C@]12CCC3c4ccc(O)cc4CCC3C1CC[C@@H]2O. The molecule has 0 aliphatic heterocycles. The summed E-state index contributed by atoms with van der Waals surface area (Å²) in [7, 11) is 0. The Bertz CT molecular complexity index is 4350. The van der Waals surface area contributed by atoms with Crippen LogP contribution in [0.5, 0.6) is 17.2 Å². The van der Waals surface area contributed by atoms with Crippen molar-refractivity contribution in [3.05, 3.63) is 88.0 Å². The van der Waals surface area contributed by atoms with E-state index in [1.54, 1.807) is 76.2 Å². The lowest BCUT2D eigenvalue weighted by atomic mass is 9.55. The van der Waals surface area contributed by atoms with Crippen molar-refractivity contribution in [3.8, 4) is 17.2 Å². The van der Waals surface area contributed by atoms with Crippen molar-refractivity contribution in [2.75, 3.05) is 0 Å². The number of fused-ring (bicyclic) bond motifs is 15. The van der Waals surface area contributed by atoms with Crippen molar-refractivity contribution in [2.45, 2.75) is 398 Å². The van der Waals surface area contributed by atoms with Gasteiger partial charge in [0.1, 0.15) is 70.4 Å². The van der Waals surface area contributed by atoms with Crippen LogP contribution in [-0.4, -0.2) is 135 Å². The lowest BCUT2D eigenvalue weighted by molar-refractivity contribution is -0.177. The summed E-state index contributed by atoms with van der Waals surface area (Å²) >= 11 is 0. The van der Waals surface area contributed by atoms with Crippen LogP contribution in [0, 0.1) is 87.3 Å². The van der Waals surface area contributed by atoms with Gasteiger partial charge in [-0.15, -0.1) is 0 Å². The van der Waals surface area contributed by atoms with E-state index in [1.807, 2.05) is 90.2 Å². The minimum atomic E-state index is -5.07. The number of esters is 4. The summed E-state index contributed by atoms with van der Waals surface area (Å²) in [5, 5.41) is 38.6. The van der Waals surface area contributed by atoms with Crippen LogP contribution in [0.1, 0.15) is 346 Å². The van der Waals surface area contributed by atoms with Crippen molar-refractivity contribution in [1.82, 2.24) is 21.3 Å². The number of phenolic OH excluding ortho intramolecular Hbond substituents is 1. The van der Waals surface area contributed by atoms with Crippen LogP contribution < -0.4 is 30.7 Å². The second kappa shape index (κ2) is 43.7. The zero-order valence-corrected chi connectivity index (χ0v) is 80.7. The van der Waals surface area contributed by atoms with Gasteiger partial charge in [-0.25, -0.2) is 33.6 Å². The van der Waals surface area contributed by atoms with Crippen LogP contribution >= 0.6 is 0 Å². The molecule has 23 nitrogen and oxygen atoms in total. The van der Waals surface area contributed by atoms with E-state index in [0.29, 0.717) is 96.2 Å². The van der Waals surface area contributed by atoms with Gasteiger partial charge in [-0.05, 0) is 368 Å². The minimum absolute atomic E-state index is 0. The molecule has 724 valence electrons. The fourth-order valence-electron chi connectivity index (χ4n) is 23.1. The molecule has 3 aromatic rings. The van der Waals surface area contributed by atoms with E-state index < -0.39 is 95.3 Å². The van der Waals surface area contributed by atoms with E-state index >= 15 is 0 Å². The Kier molecular flexibility index (Phi) is 36.0. The van der Waals surface area contributed by atoms with Crippen molar-refractivity contribution in [1.29, 1.82) is 0 Å². The number of alkyl halides is 3. The molecule has 4 amide bonds. The number of carbonyl (C=O) groups is 9. The van der Waals surface area contributed by atoms with Crippen LogP contribution in [0.4, 0.5) is 27.6 Å². The molecule has 0 bridgehead atoms. The fraction of sp³-hybridized carbons (Fsp3) is 0.738. The number of aliphatic carboxylic acids is 1. The molecule has 0 radical (unpaired) electrons. The van der Waals surface area contributed by atoms with E-state index in [1.165, 1.54) is 52.6 Å². The van der Waals surface area contributed by atoms with Gasteiger partial charge in [0.15, 0.2) is 0 Å². The van der Waals surface area contributed by atoms with E-state index in [0.717, 1.165) is 102 Å². The zero-order valence-electron chi connectivity index (χ0n) is 80.7. The molecular formula is C103H157F3N4O19. The zero-order chi connectivity index (χ0) is 95.0. The van der Waals surface area contributed by atoms with E-state index in [2.05, 4.69) is 68.8 Å². The van der Waals surface area contributed by atoms with Gasteiger partial charge in [0.05, 0.1) is 12.0 Å². The van der Waals surface area contributed by atoms with Crippen molar-refractivity contribution < 1.29 is 105 Å². The number of hydrogen-bond donors (Lipinski definition) is 7. The van der Waals surface area contributed by atoms with Gasteiger partial charge in [0, 0.05) is 10.8 Å². The number of ether oxygens (including phenoxy) is 7. The van der Waals surface area contributed by atoms with Crippen molar-refractivity contribution in [3.63, 3.8) is 0 Å². The summed E-state index contributed by atoms with van der Waals surface area (Å²) in [6.07, 6.45) is 12.1. The molecule has 6 fully saturated rings. The van der Waals surface area contributed by atoms with Crippen LogP contribution in [0.15, 0.2) is 54.6 Å². The van der Waals surface area contributed by atoms with Crippen LogP contribution in [0.25, 0.3) is 0 Å². The van der Waals surface area contributed by atoms with Gasteiger partial charge in [-0.2, -0.15) is 13.2 Å². The summed E-state index contributed by atoms with van der Waals surface area (Å²) in [6, 6.07) is 14.1. The Morgan fingerprint density at radius 1 is 0.411 bits per heavy atom. The molecule has 0 aromatic heterocycles. The minimum Gasteiger partial charge on any atom is -0.508 e. The molecule has 7 N–H and O–H groups in total. The number of aliphatic hydroxyl groups excluding tert-OH is 1. The molecule has 26 heteroatoms. The predicted molar refractivity (Wildman–Crippen MR) is 490 cm³/mol. The van der Waals surface area contributed by atoms with Gasteiger partial charge < -0.3 is 69.7 Å². The summed E-state index contributed by atoms with van der Waals surface area (Å²) < 4.78 is 78.4. The molecule has 20 atom stereocenters. The number of aromatic hydroxyl groups is 1. The highest BCUT2D eigenvalue weighted by molar-refractivity contribution is 5.88. The maximum absolute atomic E-state index is 13.6. The maximum Gasteiger partial charge on any atom is 0.471 e. The van der Waals surface area contributed by atoms with Crippen LogP contribution in [-0.2, 0) is 71.7 Å². The summed E-state index contributed by atoms with van der Waals surface area (Å²) in [6.45, 7) is 44.2. The number of carboxylic acids is 1. The summed E-state index contributed by atoms with van der Waals surface area (Å²) in [4.78, 5) is 111. The van der Waals surface area contributed by atoms with Crippen molar-refractivity contribution in [2.24, 2.45) is 87.3 Å². The van der Waals surface area contributed by atoms with Gasteiger partial charge in [0.25, 0.3) is 0 Å². The highest BCUT2D eigenvalue weighted by Crippen LogP contribution is 2.65. The number of nitrogens with one attached hydrogen (secondary N) is 4. The number of benzene rings is 3. The molecular weight excluding hydrogens is 1650 g/mol. The molecule has 6 saturated carbocycles. The Labute approximate surface area is 766 Å². The smallest absolute Gasteiger partial charge is 0.471 e. The third-order valence-electron chi connectivity index (χ3n) is 28.7. The molecule has 0 saturated heterocycles. The van der Waals surface area contributed by atoms with Gasteiger partial charge in [-0.3, -0.25) is 9.59 Å². The number of rotatable bonds is 23. The number of halogens is 3. The molecule has 9 unspecified atom stereocenters. The largest absolute Gasteiger partial charge is 0.508 e. The normalized spacial score (nSPS) is 27.5. The number of hydrogen-bond acceptors (Lipinski definition) is 18. The first-order chi connectivity index (χ1) is 59.4. The van der Waals surface area contributed by atoms with Gasteiger partial charge in [0.2, 0.25) is 0 Å². The monoisotopic (exact) mass is 1810 g/mol. The molecule has 12 rings (SSSR count). The Morgan fingerprint density at radius 3 is 1.11 bits per heavy atom. The average Bonchev–Trinajstić information content (AvgIpc) is 1.64. The number of carboxylic acid groups (broad SMARTS) is 1. The van der Waals surface area contributed by atoms with Crippen molar-refractivity contribution >= 4 is 54.0 Å². The molecule has 9 aliphatic carbocycles. The first-order valence-corrected chi connectivity index (χ1v) is 47.6. The maximum atomic E-state index is 13.6.